The summed E-state index contributed by atoms with van der Waals surface area (Å²) in [6.07, 6.45) is 5.76. The molecule has 0 saturated carbocycles. The van der Waals surface area contributed by atoms with Gasteiger partial charge in [0.2, 0.25) is 0 Å². The lowest BCUT2D eigenvalue weighted by molar-refractivity contribution is -0.146. The van der Waals surface area contributed by atoms with Gasteiger partial charge in [0.15, 0.2) is 0 Å². The van der Waals surface area contributed by atoms with Crippen LogP contribution in [-0.4, -0.2) is 54.1 Å². The van der Waals surface area contributed by atoms with Crippen LogP contribution in [0.2, 0.25) is 0 Å². The van der Waals surface area contributed by atoms with Crippen LogP contribution in [0.25, 0.3) is 0 Å². The highest BCUT2D eigenvalue weighted by molar-refractivity contribution is 5.74. The molecule has 130 valence electrons. The second kappa shape index (κ2) is 6.49. The molecule has 2 atom stereocenters. The number of methoxy groups -OCH3 is 1. The SMILES string of the molecule is COC(=O)[C@H]1CC2(CCN(Cc3ccccc3)CC2)N2CCC[C@@H]12. The van der Waals surface area contributed by atoms with Gasteiger partial charge < -0.3 is 4.74 Å². The van der Waals surface area contributed by atoms with Crippen molar-refractivity contribution in [2.75, 3.05) is 26.7 Å². The minimum atomic E-state index is 0.00971. The third kappa shape index (κ3) is 2.76. The van der Waals surface area contributed by atoms with E-state index in [-0.39, 0.29) is 17.4 Å². The molecule has 0 bridgehead atoms. The van der Waals surface area contributed by atoms with Gasteiger partial charge in [0, 0.05) is 31.2 Å². The molecule has 0 unspecified atom stereocenters. The molecule has 4 heteroatoms. The highest BCUT2D eigenvalue weighted by Crippen LogP contribution is 2.49. The Hall–Kier alpha value is -1.39. The summed E-state index contributed by atoms with van der Waals surface area (Å²) in [5, 5.41) is 0. The summed E-state index contributed by atoms with van der Waals surface area (Å²) in [6, 6.07) is 11.2. The molecule has 3 fully saturated rings. The monoisotopic (exact) mass is 328 g/mol. The molecule has 24 heavy (non-hydrogen) atoms. The summed E-state index contributed by atoms with van der Waals surface area (Å²) in [5.74, 6) is 0.105. The Bertz CT molecular complexity index is 581. The lowest BCUT2D eigenvalue weighted by Crippen LogP contribution is -2.52. The maximum Gasteiger partial charge on any atom is 0.310 e. The third-order valence-corrected chi connectivity index (χ3v) is 6.51. The molecule has 0 aliphatic carbocycles. The van der Waals surface area contributed by atoms with Crippen LogP contribution in [0.15, 0.2) is 30.3 Å². The van der Waals surface area contributed by atoms with Crippen molar-refractivity contribution in [3.63, 3.8) is 0 Å². The molecule has 3 aliphatic heterocycles. The van der Waals surface area contributed by atoms with Crippen LogP contribution in [0.4, 0.5) is 0 Å². The van der Waals surface area contributed by atoms with E-state index in [1.165, 1.54) is 31.9 Å². The molecular weight excluding hydrogens is 300 g/mol. The second-order valence-electron chi connectivity index (χ2n) is 7.72. The Morgan fingerprint density at radius 2 is 1.96 bits per heavy atom. The van der Waals surface area contributed by atoms with Crippen molar-refractivity contribution < 1.29 is 9.53 Å². The van der Waals surface area contributed by atoms with Crippen molar-refractivity contribution in [2.45, 2.75) is 50.2 Å². The lowest BCUT2D eigenvalue weighted by Gasteiger charge is -2.45. The van der Waals surface area contributed by atoms with Gasteiger partial charge >= 0.3 is 5.97 Å². The van der Waals surface area contributed by atoms with Crippen molar-refractivity contribution in [3.05, 3.63) is 35.9 Å². The van der Waals surface area contributed by atoms with E-state index in [1.54, 1.807) is 0 Å². The van der Waals surface area contributed by atoms with Crippen molar-refractivity contribution >= 4 is 5.97 Å². The minimum Gasteiger partial charge on any atom is -0.469 e. The molecule has 4 nitrogen and oxygen atoms in total. The predicted octanol–water partition coefficient (Wildman–Crippen LogP) is 2.68. The molecular formula is C20H28N2O2. The first kappa shape index (κ1) is 16.1. The molecule has 3 heterocycles. The molecule has 1 aromatic carbocycles. The Balaban J connectivity index is 1.43. The standard InChI is InChI=1S/C20H28N2O2/c1-24-19(23)17-14-20(22-11-5-8-18(17)22)9-12-21(13-10-20)15-16-6-3-2-4-7-16/h2-4,6-7,17-18H,5,8-15H2,1H3/t17-,18-/m0/s1. The normalized spacial score (nSPS) is 29.7. The zero-order chi connectivity index (χ0) is 16.6. The summed E-state index contributed by atoms with van der Waals surface area (Å²) in [5.41, 5.74) is 1.64. The van der Waals surface area contributed by atoms with Gasteiger partial charge in [-0.25, -0.2) is 0 Å². The van der Waals surface area contributed by atoms with Crippen molar-refractivity contribution in [2.24, 2.45) is 5.92 Å². The van der Waals surface area contributed by atoms with E-state index >= 15 is 0 Å². The van der Waals surface area contributed by atoms with Crippen LogP contribution in [0.5, 0.6) is 0 Å². The fourth-order valence-electron chi connectivity index (χ4n) is 5.31. The van der Waals surface area contributed by atoms with Gasteiger partial charge in [-0.1, -0.05) is 30.3 Å². The number of carbonyl (C=O) groups is 1. The largest absolute Gasteiger partial charge is 0.469 e. The molecule has 0 N–H and O–H groups in total. The number of likely N-dealkylation sites (tertiary alicyclic amines) is 1. The first-order chi connectivity index (χ1) is 11.7. The van der Waals surface area contributed by atoms with E-state index in [0.29, 0.717) is 6.04 Å². The van der Waals surface area contributed by atoms with Gasteiger partial charge in [-0.3, -0.25) is 14.6 Å². The number of benzene rings is 1. The molecule has 0 amide bonds. The average Bonchev–Trinajstić information content (AvgIpc) is 3.21. The van der Waals surface area contributed by atoms with Crippen molar-refractivity contribution in [1.29, 1.82) is 0 Å². The molecule has 3 saturated heterocycles. The van der Waals surface area contributed by atoms with Gasteiger partial charge in [-0.2, -0.15) is 0 Å². The Morgan fingerprint density at radius 1 is 1.21 bits per heavy atom. The van der Waals surface area contributed by atoms with Crippen LogP contribution in [-0.2, 0) is 16.1 Å². The van der Waals surface area contributed by atoms with Crippen LogP contribution >= 0.6 is 0 Å². The predicted molar refractivity (Wildman–Crippen MR) is 93.5 cm³/mol. The van der Waals surface area contributed by atoms with E-state index in [0.717, 1.165) is 39.0 Å². The van der Waals surface area contributed by atoms with Crippen molar-refractivity contribution in [1.82, 2.24) is 9.80 Å². The fraction of sp³-hybridized carbons (Fsp3) is 0.650. The number of fused-ring (bicyclic) bond motifs is 2. The molecule has 0 radical (unpaired) electrons. The third-order valence-electron chi connectivity index (χ3n) is 6.51. The van der Waals surface area contributed by atoms with Gasteiger partial charge in [0.1, 0.15) is 0 Å². The van der Waals surface area contributed by atoms with Crippen LogP contribution in [0.3, 0.4) is 0 Å². The summed E-state index contributed by atoms with van der Waals surface area (Å²) >= 11 is 0. The van der Waals surface area contributed by atoms with Crippen LogP contribution in [0.1, 0.15) is 37.7 Å². The highest BCUT2D eigenvalue weighted by atomic mass is 16.5. The number of hydrogen-bond donors (Lipinski definition) is 0. The molecule has 1 spiro atoms. The van der Waals surface area contributed by atoms with Crippen LogP contribution < -0.4 is 0 Å². The maximum atomic E-state index is 12.2. The highest BCUT2D eigenvalue weighted by Gasteiger charge is 2.56. The minimum absolute atomic E-state index is 0.00971. The van der Waals surface area contributed by atoms with E-state index in [9.17, 15) is 4.79 Å². The molecule has 3 aliphatic rings. The number of carbonyl (C=O) groups excluding carboxylic acids is 1. The summed E-state index contributed by atoms with van der Waals surface area (Å²) < 4.78 is 5.10. The van der Waals surface area contributed by atoms with Gasteiger partial charge in [0.25, 0.3) is 0 Å². The summed E-state index contributed by atoms with van der Waals surface area (Å²) in [7, 11) is 1.54. The van der Waals surface area contributed by atoms with E-state index in [2.05, 4.69) is 40.1 Å². The quantitative estimate of drug-likeness (QED) is 0.799. The van der Waals surface area contributed by atoms with E-state index in [1.807, 2.05) is 0 Å². The molecule has 4 rings (SSSR count). The lowest BCUT2D eigenvalue weighted by atomic mass is 9.81. The zero-order valence-corrected chi connectivity index (χ0v) is 14.6. The van der Waals surface area contributed by atoms with Gasteiger partial charge in [0.05, 0.1) is 13.0 Å². The number of hydrogen-bond acceptors (Lipinski definition) is 4. The van der Waals surface area contributed by atoms with Crippen molar-refractivity contribution in [3.8, 4) is 0 Å². The molecule has 0 aromatic heterocycles. The number of rotatable bonds is 3. The average molecular weight is 328 g/mol. The Morgan fingerprint density at radius 3 is 2.67 bits per heavy atom. The zero-order valence-electron chi connectivity index (χ0n) is 14.6. The van der Waals surface area contributed by atoms with E-state index < -0.39 is 0 Å². The smallest absolute Gasteiger partial charge is 0.310 e. The van der Waals surface area contributed by atoms with Crippen LogP contribution in [0, 0.1) is 5.92 Å². The summed E-state index contributed by atoms with van der Waals surface area (Å²) in [6.45, 7) is 4.47. The number of esters is 1. The molecule has 1 aromatic rings. The Labute approximate surface area is 144 Å². The topological polar surface area (TPSA) is 32.8 Å². The van der Waals surface area contributed by atoms with Gasteiger partial charge in [-0.05, 0) is 44.2 Å². The number of piperidine rings is 1. The van der Waals surface area contributed by atoms with Gasteiger partial charge in [-0.15, -0.1) is 0 Å². The first-order valence-corrected chi connectivity index (χ1v) is 9.33. The van der Waals surface area contributed by atoms with E-state index in [4.69, 9.17) is 4.74 Å². The summed E-state index contributed by atoms with van der Waals surface area (Å²) in [4.78, 5) is 17.5. The maximum absolute atomic E-state index is 12.2. The first-order valence-electron chi connectivity index (χ1n) is 9.33. The number of ether oxygens (including phenoxy) is 1. The second-order valence-corrected chi connectivity index (χ2v) is 7.72. The Kier molecular flexibility index (Phi) is 4.35. The number of nitrogens with zero attached hydrogens (tertiary/aromatic N) is 2. The fourth-order valence-corrected chi connectivity index (χ4v) is 5.31.